The van der Waals surface area contributed by atoms with Gasteiger partial charge in [-0.15, -0.1) is 0 Å². The Morgan fingerprint density at radius 2 is 1.91 bits per heavy atom. The second-order valence-corrected chi connectivity index (χ2v) is 4.56. The molecule has 2 aromatic rings. The van der Waals surface area contributed by atoms with Crippen LogP contribution >= 0.6 is 0 Å². The molecule has 1 aromatic carbocycles. The zero-order valence-corrected chi connectivity index (χ0v) is 12.8. The summed E-state index contributed by atoms with van der Waals surface area (Å²) in [5.74, 6) is 0.203. The van der Waals surface area contributed by atoms with Crippen LogP contribution in [0, 0.1) is 6.92 Å². The minimum atomic E-state index is -0.876. The summed E-state index contributed by atoms with van der Waals surface area (Å²) in [5, 5.41) is 6.12. The van der Waals surface area contributed by atoms with Crippen molar-refractivity contribution >= 4 is 23.7 Å². The number of hydrogen-bond donors (Lipinski definition) is 2. The van der Waals surface area contributed by atoms with E-state index in [1.54, 1.807) is 43.3 Å². The van der Waals surface area contributed by atoms with Gasteiger partial charge in [0.05, 0.1) is 12.8 Å². The van der Waals surface area contributed by atoms with E-state index in [9.17, 15) is 9.59 Å². The molecule has 0 aliphatic rings. The molecule has 0 bridgehead atoms. The molecule has 0 radical (unpaired) electrons. The van der Waals surface area contributed by atoms with Crippen molar-refractivity contribution in [3.63, 3.8) is 0 Å². The highest BCUT2D eigenvalue weighted by molar-refractivity contribution is 6.39. The van der Waals surface area contributed by atoms with Crippen molar-refractivity contribution in [1.82, 2.24) is 5.43 Å². The molecule has 2 rings (SSSR count). The molecule has 7 nitrogen and oxygen atoms in total. The molecule has 1 aromatic heterocycles. The van der Waals surface area contributed by atoms with E-state index < -0.39 is 11.8 Å². The molecular weight excluding hydrogens is 298 g/mol. The lowest BCUT2D eigenvalue weighted by Gasteiger charge is -2.06. The number of ether oxygens (including phenoxy) is 1. The Bertz CT molecular complexity index is 704. The van der Waals surface area contributed by atoms with Crippen molar-refractivity contribution in [2.75, 3.05) is 11.9 Å². The Kier molecular flexibility index (Phi) is 5.51. The number of rotatable bonds is 5. The fourth-order valence-electron chi connectivity index (χ4n) is 1.72. The van der Waals surface area contributed by atoms with Crippen LogP contribution in [-0.4, -0.2) is 24.6 Å². The van der Waals surface area contributed by atoms with Gasteiger partial charge in [0, 0.05) is 5.69 Å². The summed E-state index contributed by atoms with van der Waals surface area (Å²) in [7, 11) is 0. The van der Waals surface area contributed by atoms with Gasteiger partial charge in [0.2, 0.25) is 0 Å². The van der Waals surface area contributed by atoms with E-state index in [2.05, 4.69) is 15.8 Å². The van der Waals surface area contributed by atoms with Gasteiger partial charge >= 0.3 is 11.8 Å². The Balaban J connectivity index is 1.84. The van der Waals surface area contributed by atoms with Crippen molar-refractivity contribution < 1.29 is 18.7 Å². The average molecular weight is 315 g/mol. The van der Waals surface area contributed by atoms with E-state index in [0.717, 1.165) is 5.76 Å². The third kappa shape index (κ3) is 4.99. The second kappa shape index (κ2) is 7.79. The number of benzene rings is 1. The molecule has 0 unspecified atom stereocenters. The topological polar surface area (TPSA) is 92.9 Å². The summed E-state index contributed by atoms with van der Waals surface area (Å²) in [5.41, 5.74) is 2.61. The minimum absolute atomic E-state index is 0.481. The molecule has 23 heavy (non-hydrogen) atoms. The highest BCUT2D eigenvalue weighted by atomic mass is 16.5. The number of aryl methyl sites for hydroxylation is 1. The molecule has 0 atom stereocenters. The Morgan fingerprint density at radius 1 is 1.17 bits per heavy atom. The fourth-order valence-corrected chi connectivity index (χ4v) is 1.72. The third-order valence-corrected chi connectivity index (χ3v) is 2.75. The predicted octanol–water partition coefficient (Wildman–Crippen LogP) is 2.08. The van der Waals surface area contributed by atoms with E-state index in [1.807, 2.05) is 6.92 Å². The number of carbonyl (C=O) groups is 2. The van der Waals surface area contributed by atoms with Crippen molar-refractivity contribution in [2.45, 2.75) is 13.8 Å². The molecule has 0 aliphatic carbocycles. The largest absolute Gasteiger partial charge is 0.494 e. The highest BCUT2D eigenvalue weighted by Gasteiger charge is 2.12. The van der Waals surface area contributed by atoms with E-state index in [0.29, 0.717) is 23.8 Å². The molecular formula is C16H17N3O4. The monoisotopic (exact) mass is 315 g/mol. The zero-order valence-electron chi connectivity index (χ0n) is 12.8. The minimum Gasteiger partial charge on any atom is -0.494 e. The standard InChI is InChI=1S/C16H17N3O4/c1-3-22-13-8-5-12(6-9-13)18-15(20)16(21)19-17-10-14-7-4-11(2)23-14/h4-10H,3H2,1-2H3,(H,18,20)(H,19,21)/b17-10-. The molecule has 0 saturated carbocycles. The predicted molar refractivity (Wildman–Crippen MR) is 85.4 cm³/mol. The molecule has 2 N–H and O–H groups in total. The van der Waals surface area contributed by atoms with Crippen molar-refractivity contribution in [1.29, 1.82) is 0 Å². The lowest BCUT2D eigenvalue weighted by Crippen LogP contribution is -2.32. The second-order valence-electron chi connectivity index (χ2n) is 4.56. The number of nitrogens with one attached hydrogen (secondary N) is 2. The molecule has 0 spiro atoms. The Morgan fingerprint density at radius 3 is 2.52 bits per heavy atom. The quantitative estimate of drug-likeness (QED) is 0.502. The van der Waals surface area contributed by atoms with Crippen LogP contribution in [0.15, 0.2) is 45.9 Å². The number of nitrogens with zero attached hydrogens (tertiary/aromatic N) is 1. The van der Waals surface area contributed by atoms with Gasteiger partial charge < -0.3 is 14.5 Å². The van der Waals surface area contributed by atoms with Gasteiger partial charge in [-0.1, -0.05) is 0 Å². The van der Waals surface area contributed by atoms with E-state index in [4.69, 9.17) is 9.15 Å². The number of hydrazone groups is 1. The highest BCUT2D eigenvalue weighted by Crippen LogP contribution is 2.15. The van der Waals surface area contributed by atoms with Crippen LogP contribution in [0.4, 0.5) is 5.69 Å². The molecule has 0 fully saturated rings. The van der Waals surface area contributed by atoms with Crippen molar-refractivity contribution in [3.05, 3.63) is 47.9 Å². The summed E-state index contributed by atoms with van der Waals surface area (Å²) in [6.07, 6.45) is 1.31. The molecule has 120 valence electrons. The van der Waals surface area contributed by atoms with Crippen LogP contribution < -0.4 is 15.5 Å². The third-order valence-electron chi connectivity index (χ3n) is 2.75. The first-order valence-corrected chi connectivity index (χ1v) is 7.02. The van der Waals surface area contributed by atoms with Crippen LogP contribution in [0.3, 0.4) is 0 Å². The average Bonchev–Trinajstić information content (AvgIpc) is 2.95. The Labute approximate surface area is 133 Å². The molecule has 7 heteroatoms. The number of amides is 2. The Hall–Kier alpha value is -3.09. The summed E-state index contributed by atoms with van der Waals surface area (Å²) in [4.78, 5) is 23.3. The van der Waals surface area contributed by atoms with E-state index in [1.165, 1.54) is 6.21 Å². The number of furan rings is 1. The summed E-state index contributed by atoms with van der Waals surface area (Å²) >= 11 is 0. The normalized spacial score (nSPS) is 10.5. The number of hydrogen-bond acceptors (Lipinski definition) is 5. The number of carbonyl (C=O) groups excluding carboxylic acids is 2. The van der Waals surface area contributed by atoms with Gasteiger partial charge in [-0.3, -0.25) is 9.59 Å². The van der Waals surface area contributed by atoms with Gasteiger partial charge in [0.25, 0.3) is 0 Å². The maximum absolute atomic E-state index is 11.7. The van der Waals surface area contributed by atoms with Crippen molar-refractivity contribution in [2.24, 2.45) is 5.10 Å². The fraction of sp³-hybridized carbons (Fsp3) is 0.188. The molecule has 1 heterocycles. The zero-order chi connectivity index (χ0) is 16.7. The lowest BCUT2D eigenvalue weighted by molar-refractivity contribution is -0.136. The number of anilines is 1. The first kappa shape index (κ1) is 16.3. The van der Waals surface area contributed by atoms with Crippen molar-refractivity contribution in [3.8, 4) is 5.75 Å². The lowest BCUT2D eigenvalue weighted by atomic mass is 10.3. The van der Waals surface area contributed by atoms with Crippen LogP contribution in [0.25, 0.3) is 0 Å². The first-order valence-electron chi connectivity index (χ1n) is 7.02. The maximum atomic E-state index is 11.7. The summed E-state index contributed by atoms with van der Waals surface area (Å²) in [6, 6.07) is 10.2. The summed E-state index contributed by atoms with van der Waals surface area (Å²) in [6.45, 7) is 4.23. The molecule has 2 amide bonds. The van der Waals surface area contributed by atoms with Gasteiger partial charge in [-0.2, -0.15) is 5.10 Å². The molecule has 0 aliphatic heterocycles. The first-order chi connectivity index (χ1) is 11.1. The van der Waals surface area contributed by atoms with Gasteiger partial charge in [0.1, 0.15) is 17.3 Å². The van der Waals surface area contributed by atoms with Crippen LogP contribution in [-0.2, 0) is 9.59 Å². The van der Waals surface area contributed by atoms with E-state index in [-0.39, 0.29) is 0 Å². The maximum Gasteiger partial charge on any atom is 0.329 e. The van der Waals surface area contributed by atoms with E-state index >= 15 is 0 Å². The molecule has 0 saturated heterocycles. The van der Waals surface area contributed by atoms with Crippen LogP contribution in [0.5, 0.6) is 5.75 Å². The van der Waals surface area contributed by atoms with Crippen LogP contribution in [0.1, 0.15) is 18.4 Å². The van der Waals surface area contributed by atoms with Gasteiger partial charge in [-0.05, 0) is 50.2 Å². The summed E-state index contributed by atoms with van der Waals surface area (Å²) < 4.78 is 10.5. The van der Waals surface area contributed by atoms with Gasteiger partial charge in [0.15, 0.2) is 0 Å². The van der Waals surface area contributed by atoms with Gasteiger partial charge in [-0.25, -0.2) is 5.43 Å². The smallest absolute Gasteiger partial charge is 0.329 e. The van der Waals surface area contributed by atoms with Crippen LogP contribution in [0.2, 0.25) is 0 Å². The SMILES string of the molecule is CCOc1ccc(NC(=O)C(=O)N/N=C\c2ccc(C)o2)cc1.